The van der Waals surface area contributed by atoms with Crippen LogP contribution in [0.15, 0.2) is 47.5 Å². The SMILES string of the molecule is Cc1cc(C)c(N=Cc2cccc(C(C)Nc3c(C)cc(C)cc3C)n2)c(C)c1. The number of nitrogens with one attached hydrogen (secondary N) is 1. The predicted octanol–water partition coefficient (Wildman–Crippen LogP) is 6.86. The first-order valence-corrected chi connectivity index (χ1v) is 10.2. The van der Waals surface area contributed by atoms with E-state index in [9.17, 15) is 0 Å². The van der Waals surface area contributed by atoms with Crippen LogP contribution in [-0.2, 0) is 0 Å². The van der Waals surface area contributed by atoms with E-state index in [2.05, 4.69) is 84.1 Å². The molecule has 0 spiro atoms. The molecular formula is C26H31N3. The smallest absolute Gasteiger partial charge is 0.0816 e. The highest BCUT2D eigenvalue weighted by Gasteiger charge is 2.11. The van der Waals surface area contributed by atoms with E-state index in [0.29, 0.717) is 0 Å². The fourth-order valence-electron chi connectivity index (χ4n) is 3.99. The van der Waals surface area contributed by atoms with Gasteiger partial charge >= 0.3 is 0 Å². The monoisotopic (exact) mass is 385 g/mol. The van der Waals surface area contributed by atoms with Crippen LogP contribution in [0, 0.1) is 41.5 Å². The maximum Gasteiger partial charge on any atom is 0.0816 e. The zero-order valence-electron chi connectivity index (χ0n) is 18.6. The third-order valence-corrected chi connectivity index (χ3v) is 5.24. The number of pyridine rings is 1. The highest BCUT2D eigenvalue weighted by atomic mass is 14.9. The van der Waals surface area contributed by atoms with Crippen molar-refractivity contribution in [2.45, 2.75) is 54.5 Å². The quantitative estimate of drug-likeness (QED) is 0.487. The molecular weight excluding hydrogens is 354 g/mol. The van der Waals surface area contributed by atoms with Crippen molar-refractivity contribution in [2.75, 3.05) is 5.32 Å². The van der Waals surface area contributed by atoms with Gasteiger partial charge in [-0.1, -0.05) is 41.5 Å². The first-order valence-electron chi connectivity index (χ1n) is 10.2. The predicted molar refractivity (Wildman–Crippen MR) is 125 cm³/mol. The van der Waals surface area contributed by atoms with Gasteiger partial charge in [-0.25, -0.2) is 4.98 Å². The van der Waals surface area contributed by atoms with E-state index in [1.807, 2.05) is 18.3 Å². The van der Waals surface area contributed by atoms with Gasteiger partial charge in [0.15, 0.2) is 0 Å². The first kappa shape index (κ1) is 20.8. The van der Waals surface area contributed by atoms with Crippen LogP contribution in [0.2, 0.25) is 0 Å². The van der Waals surface area contributed by atoms with Gasteiger partial charge in [-0.05, 0) is 82.9 Å². The fourth-order valence-corrected chi connectivity index (χ4v) is 3.99. The van der Waals surface area contributed by atoms with E-state index in [1.165, 1.54) is 39.1 Å². The molecule has 0 fully saturated rings. The fraction of sp³-hybridized carbons (Fsp3) is 0.308. The standard InChI is InChI=1S/C26H31N3/c1-16-11-18(3)25(19(4)12-16)27-15-23-9-8-10-24(29-23)22(7)28-26-20(5)13-17(2)14-21(26)6/h8-15,22,28H,1-7H3. The van der Waals surface area contributed by atoms with E-state index in [1.54, 1.807) is 0 Å². The number of hydrogen-bond donors (Lipinski definition) is 1. The molecule has 1 unspecified atom stereocenters. The Bertz CT molecular complexity index is 1020. The number of aliphatic imine (C=N–C) groups is 1. The number of benzene rings is 2. The lowest BCUT2D eigenvalue weighted by atomic mass is 10.0. The average molecular weight is 386 g/mol. The van der Waals surface area contributed by atoms with E-state index < -0.39 is 0 Å². The van der Waals surface area contributed by atoms with Gasteiger partial charge in [0.05, 0.1) is 29.3 Å². The number of rotatable bonds is 5. The Morgan fingerprint density at radius 1 is 0.828 bits per heavy atom. The second kappa shape index (κ2) is 8.60. The third kappa shape index (κ3) is 4.92. The van der Waals surface area contributed by atoms with Crippen LogP contribution in [0.3, 0.4) is 0 Å². The molecule has 0 saturated carbocycles. The van der Waals surface area contributed by atoms with Crippen molar-refractivity contribution >= 4 is 17.6 Å². The molecule has 29 heavy (non-hydrogen) atoms. The summed E-state index contributed by atoms with van der Waals surface area (Å²) < 4.78 is 0. The zero-order chi connectivity index (χ0) is 21.1. The molecule has 150 valence electrons. The second-order valence-electron chi connectivity index (χ2n) is 8.13. The van der Waals surface area contributed by atoms with Gasteiger partial charge < -0.3 is 5.32 Å². The summed E-state index contributed by atoms with van der Waals surface area (Å²) in [7, 11) is 0. The summed E-state index contributed by atoms with van der Waals surface area (Å²) in [6.45, 7) is 14.9. The molecule has 0 aliphatic rings. The van der Waals surface area contributed by atoms with Crippen molar-refractivity contribution in [3.8, 4) is 0 Å². The number of anilines is 1. The molecule has 3 nitrogen and oxygen atoms in total. The Labute approximate surface area is 174 Å². The summed E-state index contributed by atoms with van der Waals surface area (Å²) in [6, 6.07) is 15.0. The van der Waals surface area contributed by atoms with Gasteiger partial charge in [-0.15, -0.1) is 0 Å². The van der Waals surface area contributed by atoms with Crippen molar-refractivity contribution in [3.05, 3.63) is 87.2 Å². The Morgan fingerprint density at radius 2 is 1.38 bits per heavy atom. The molecule has 3 aromatic rings. The molecule has 0 bridgehead atoms. The van der Waals surface area contributed by atoms with E-state index in [-0.39, 0.29) is 6.04 Å². The van der Waals surface area contributed by atoms with Gasteiger partial charge in [0.25, 0.3) is 0 Å². The molecule has 0 aliphatic carbocycles. The molecule has 2 aromatic carbocycles. The van der Waals surface area contributed by atoms with Crippen LogP contribution >= 0.6 is 0 Å². The van der Waals surface area contributed by atoms with Crippen molar-refractivity contribution < 1.29 is 0 Å². The Morgan fingerprint density at radius 3 is 1.97 bits per heavy atom. The van der Waals surface area contributed by atoms with Crippen LogP contribution in [0.1, 0.15) is 57.7 Å². The van der Waals surface area contributed by atoms with Crippen molar-refractivity contribution in [1.29, 1.82) is 0 Å². The summed E-state index contributed by atoms with van der Waals surface area (Å²) >= 11 is 0. The highest BCUT2D eigenvalue weighted by molar-refractivity contribution is 5.80. The first-order chi connectivity index (χ1) is 13.7. The Kier molecular flexibility index (Phi) is 6.17. The topological polar surface area (TPSA) is 37.3 Å². The third-order valence-electron chi connectivity index (χ3n) is 5.24. The molecule has 0 radical (unpaired) electrons. The zero-order valence-corrected chi connectivity index (χ0v) is 18.6. The normalized spacial score (nSPS) is 12.4. The van der Waals surface area contributed by atoms with Crippen molar-refractivity contribution in [2.24, 2.45) is 4.99 Å². The molecule has 3 rings (SSSR count). The number of aryl methyl sites for hydroxylation is 6. The minimum Gasteiger partial charge on any atom is -0.377 e. The Balaban J connectivity index is 1.83. The molecule has 1 atom stereocenters. The lowest BCUT2D eigenvalue weighted by molar-refractivity contribution is 0.834. The van der Waals surface area contributed by atoms with Crippen molar-refractivity contribution in [3.63, 3.8) is 0 Å². The van der Waals surface area contributed by atoms with Gasteiger partial charge in [0.1, 0.15) is 0 Å². The van der Waals surface area contributed by atoms with Gasteiger partial charge in [0.2, 0.25) is 0 Å². The second-order valence-corrected chi connectivity index (χ2v) is 8.13. The average Bonchev–Trinajstić information content (AvgIpc) is 2.64. The molecule has 0 saturated heterocycles. The summed E-state index contributed by atoms with van der Waals surface area (Å²) in [5.74, 6) is 0. The minimum atomic E-state index is 0.103. The molecule has 1 N–H and O–H groups in total. The number of hydrogen-bond acceptors (Lipinski definition) is 3. The van der Waals surface area contributed by atoms with Gasteiger partial charge in [0, 0.05) is 5.69 Å². The maximum atomic E-state index is 4.83. The van der Waals surface area contributed by atoms with Crippen LogP contribution in [-0.4, -0.2) is 11.2 Å². The molecule has 1 aromatic heterocycles. The summed E-state index contributed by atoms with van der Waals surface area (Å²) in [6.07, 6.45) is 1.86. The van der Waals surface area contributed by atoms with E-state index in [4.69, 9.17) is 9.98 Å². The summed E-state index contributed by atoms with van der Waals surface area (Å²) in [4.78, 5) is 9.56. The lowest BCUT2D eigenvalue weighted by Gasteiger charge is -2.19. The minimum absolute atomic E-state index is 0.103. The molecule has 0 aliphatic heterocycles. The van der Waals surface area contributed by atoms with Gasteiger partial charge in [-0.2, -0.15) is 0 Å². The van der Waals surface area contributed by atoms with Crippen LogP contribution in [0.4, 0.5) is 11.4 Å². The van der Waals surface area contributed by atoms with Crippen molar-refractivity contribution in [1.82, 2.24) is 4.98 Å². The summed E-state index contributed by atoms with van der Waals surface area (Å²) in [5.41, 5.74) is 11.5. The largest absolute Gasteiger partial charge is 0.377 e. The lowest BCUT2D eigenvalue weighted by Crippen LogP contribution is -2.11. The highest BCUT2D eigenvalue weighted by Crippen LogP contribution is 2.27. The van der Waals surface area contributed by atoms with E-state index >= 15 is 0 Å². The Hall–Kier alpha value is -2.94. The molecule has 1 heterocycles. The van der Waals surface area contributed by atoms with Gasteiger partial charge in [-0.3, -0.25) is 4.99 Å². The molecule has 3 heteroatoms. The van der Waals surface area contributed by atoms with Crippen LogP contribution in [0.25, 0.3) is 0 Å². The number of aromatic nitrogens is 1. The summed E-state index contributed by atoms with van der Waals surface area (Å²) in [5, 5.41) is 3.64. The molecule has 0 amide bonds. The van der Waals surface area contributed by atoms with Crippen LogP contribution in [0.5, 0.6) is 0 Å². The number of nitrogens with zero attached hydrogens (tertiary/aromatic N) is 2. The van der Waals surface area contributed by atoms with E-state index in [0.717, 1.165) is 17.1 Å². The van der Waals surface area contributed by atoms with Crippen LogP contribution < -0.4 is 5.32 Å². The maximum absolute atomic E-state index is 4.83.